The van der Waals surface area contributed by atoms with Crippen molar-refractivity contribution in [2.75, 3.05) is 13.1 Å². The fraction of sp³-hybridized carbons (Fsp3) is 0.615. The number of hydrogen-bond donors (Lipinski definition) is 3. The van der Waals surface area contributed by atoms with Gasteiger partial charge in [0.15, 0.2) is 0 Å². The van der Waals surface area contributed by atoms with Crippen LogP contribution in [0.25, 0.3) is 0 Å². The standard InChI is InChI=1S/C13H20N2O2S/c16-12(10-5-7-18-9-10)8-15-13(17)11-4-2-1-3-6-14-11/h5,7,9,11-12,14,16H,1-4,6,8H2,(H,15,17). The van der Waals surface area contributed by atoms with E-state index in [0.717, 1.165) is 31.4 Å². The quantitative estimate of drug-likeness (QED) is 0.774. The van der Waals surface area contributed by atoms with Gasteiger partial charge in [0, 0.05) is 6.54 Å². The highest BCUT2D eigenvalue weighted by atomic mass is 32.1. The van der Waals surface area contributed by atoms with Crippen LogP contribution in [0.1, 0.15) is 37.4 Å². The minimum atomic E-state index is -0.606. The number of amides is 1. The number of rotatable bonds is 4. The van der Waals surface area contributed by atoms with E-state index < -0.39 is 6.10 Å². The van der Waals surface area contributed by atoms with Crippen LogP contribution in [0, 0.1) is 0 Å². The predicted octanol–water partition coefficient (Wildman–Crippen LogP) is 1.43. The molecule has 4 nitrogen and oxygen atoms in total. The maximum atomic E-state index is 11.9. The van der Waals surface area contributed by atoms with Gasteiger partial charge in [-0.3, -0.25) is 4.79 Å². The third-order valence-corrected chi connectivity index (χ3v) is 3.98. The first-order chi connectivity index (χ1) is 8.77. The third-order valence-electron chi connectivity index (χ3n) is 3.27. The molecule has 2 unspecified atom stereocenters. The van der Waals surface area contributed by atoms with Crippen LogP contribution in [0.4, 0.5) is 0 Å². The van der Waals surface area contributed by atoms with Gasteiger partial charge >= 0.3 is 0 Å². The summed E-state index contributed by atoms with van der Waals surface area (Å²) in [7, 11) is 0. The molecule has 5 heteroatoms. The molecule has 0 saturated carbocycles. The first kappa shape index (κ1) is 13.5. The summed E-state index contributed by atoms with van der Waals surface area (Å²) in [5, 5.41) is 19.8. The smallest absolute Gasteiger partial charge is 0.237 e. The average Bonchev–Trinajstić information content (AvgIpc) is 2.78. The summed E-state index contributed by atoms with van der Waals surface area (Å²) in [4.78, 5) is 11.9. The Bertz CT molecular complexity index is 359. The number of thiophene rings is 1. The number of carbonyl (C=O) groups is 1. The van der Waals surface area contributed by atoms with Crippen molar-refractivity contribution in [3.05, 3.63) is 22.4 Å². The lowest BCUT2D eigenvalue weighted by atomic mass is 10.1. The summed E-state index contributed by atoms with van der Waals surface area (Å²) in [5.74, 6) is 0.00572. The van der Waals surface area contributed by atoms with E-state index in [1.807, 2.05) is 16.8 Å². The van der Waals surface area contributed by atoms with Crippen LogP contribution in [-0.2, 0) is 4.79 Å². The Morgan fingerprint density at radius 1 is 1.56 bits per heavy atom. The fourth-order valence-electron chi connectivity index (χ4n) is 2.16. The molecule has 100 valence electrons. The lowest BCUT2D eigenvalue weighted by Crippen LogP contribution is -2.44. The van der Waals surface area contributed by atoms with Gasteiger partial charge in [-0.25, -0.2) is 0 Å². The number of aliphatic hydroxyl groups excluding tert-OH is 1. The number of nitrogens with one attached hydrogen (secondary N) is 2. The molecule has 1 aromatic heterocycles. The molecule has 2 rings (SSSR count). The summed E-state index contributed by atoms with van der Waals surface area (Å²) >= 11 is 1.55. The summed E-state index contributed by atoms with van der Waals surface area (Å²) in [5.41, 5.74) is 0.870. The van der Waals surface area contributed by atoms with Crippen LogP contribution < -0.4 is 10.6 Å². The molecule has 2 heterocycles. The van der Waals surface area contributed by atoms with E-state index in [1.165, 1.54) is 6.42 Å². The summed E-state index contributed by atoms with van der Waals surface area (Å²) in [6.07, 6.45) is 3.71. The Labute approximate surface area is 111 Å². The number of carbonyl (C=O) groups excluding carboxylic acids is 1. The molecule has 1 aromatic rings. The van der Waals surface area contributed by atoms with Gasteiger partial charge in [0.05, 0.1) is 12.1 Å². The number of aliphatic hydroxyl groups is 1. The van der Waals surface area contributed by atoms with E-state index in [-0.39, 0.29) is 18.5 Å². The van der Waals surface area contributed by atoms with Crippen molar-refractivity contribution in [2.45, 2.75) is 37.8 Å². The molecule has 0 bridgehead atoms. The van der Waals surface area contributed by atoms with Gasteiger partial charge in [-0.2, -0.15) is 11.3 Å². The SMILES string of the molecule is O=C(NCC(O)c1ccsc1)C1CCCCCN1. The molecule has 0 radical (unpaired) electrons. The summed E-state index contributed by atoms with van der Waals surface area (Å²) in [6, 6.07) is 1.79. The summed E-state index contributed by atoms with van der Waals surface area (Å²) < 4.78 is 0. The maximum Gasteiger partial charge on any atom is 0.237 e. The average molecular weight is 268 g/mol. The van der Waals surface area contributed by atoms with Gasteiger partial charge < -0.3 is 15.7 Å². The van der Waals surface area contributed by atoms with Crippen molar-refractivity contribution in [3.63, 3.8) is 0 Å². The third kappa shape index (κ3) is 3.80. The van der Waals surface area contributed by atoms with E-state index in [2.05, 4.69) is 10.6 Å². The first-order valence-corrected chi connectivity index (χ1v) is 7.43. The van der Waals surface area contributed by atoms with Crippen LogP contribution in [0.15, 0.2) is 16.8 Å². The second-order valence-corrected chi connectivity index (χ2v) is 5.45. The van der Waals surface area contributed by atoms with Gasteiger partial charge in [0.1, 0.15) is 0 Å². The maximum absolute atomic E-state index is 11.9. The first-order valence-electron chi connectivity index (χ1n) is 6.48. The fourth-order valence-corrected chi connectivity index (χ4v) is 2.86. The van der Waals surface area contributed by atoms with Gasteiger partial charge in [-0.15, -0.1) is 0 Å². The van der Waals surface area contributed by atoms with E-state index in [9.17, 15) is 9.90 Å². The lowest BCUT2D eigenvalue weighted by molar-refractivity contribution is -0.123. The Morgan fingerprint density at radius 2 is 2.44 bits per heavy atom. The largest absolute Gasteiger partial charge is 0.387 e. The van der Waals surface area contributed by atoms with Crippen molar-refractivity contribution >= 4 is 17.2 Å². The van der Waals surface area contributed by atoms with E-state index >= 15 is 0 Å². The molecule has 0 aromatic carbocycles. The molecule has 0 spiro atoms. The molecule has 3 N–H and O–H groups in total. The second kappa shape index (κ2) is 6.87. The van der Waals surface area contributed by atoms with Gasteiger partial charge in [-0.05, 0) is 41.8 Å². The Balaban J connectivity index is 1.77. The van der Waals surface area contributed by atoms with Crippen LogP contribution >= 0.6 is 11.3 Å². The molecule has 1 aliphatic rings. The Kier molecular flexibility index (Phi) is 5.16. The van der Waals surface area contributed by atoms with Crippen LogP contribution in [0.5, 0.6) is 0 Å². The normalized spacial score (nSPS) is 22.2. The van der Waals surface area contributed by atoms with Gasteiger partial charge in [0.25, 0.3) is 0 Å². The monoisotopic (exact) mass is 268 g/mol. The lowest BCUT2D eigenvalue weighted by Gasteiger charge is -2.17. The van der Waals surface area contributed by atoms with Crippen molar-refractivity contribution in [2.24, 2.45) is 0 Å². The Hall–Kier alpha value is -0.910. The van der Waals surface area contributed by atoms with Crippen LogP contribution in [0.3, 0.4) is 0 Å². The topological polar surface area (TPSA) is 61.4 Å². The highest BCUT2D eigenvalue weighted by molar-refractivity contribution is 7.07. The number of hydrogen-bond acceptors (Lipinski definition) is 4. The van der Waals surface area contributed by atoms with Crippen molar-refractivity contribution < 1.29 is 9.90 Å². The minimum Gasteiger partial charge on any atom is -0.387 e. The molecular weight excluding hydrogens is 248 g/mol. The predicted molar refractivity (Wildman–Crippen MR) is 72.5 cm³/mol. The van der Waals surface area contributed by atoms with Gasteiger partial charge in [0.2, 0.25) is 5.91 Å². The van der Waals surface area contributed by atoms with Gasteiger partial charge in [-0.1, -0.05) is 12.8 Å². The summed E-state index contributed by atoms with van der Waals surface area (Å²) in [6.45, 7) is 1.19. The molecular formula is C13H20N2O2S. The van der Waals surface area contributed by atoms with E-state index in [0.29, 0.717) is 0 Å². The highest BCUT2D eigenvalue weighted by Crippen LogP contribution is 2.15. The zero-order chi connectivity index (χ0) is 12.8. The van der Waals surface area contributed by atoms with E-state index in [1.54, 1.807) is 11.3 Å². The molecule has 18 heavy (non-hydrogen) atoms. The minimum absolute atomic E-state index is 0.00572. The van der Waals surface area contributed by atoms with Crippen molar-refractivity contribution in [1.82, 2.24) is 10.6 Å². The van der Waals surface area contributed by atoms with Crippen LogP contribution in [-0.4, -0.2) is 30.1 Å². The Morgan fingerprint density at radius 3 is 3.22 bits per heavy atom. The molecule has 2 atom stereocenters. The molecule has 1 amide bonds. The van der Waals surface area contributed by atoms with E-state index in [4.69, 9.17) is 0 Å². The molecule has 0 aliphatic carbocycles. The molecule has 1 fully saturated rings. The molecule has 1 saturated heterocycles. The second-order valence-electron chi connectivity index (χ2n) is 4.67. The van der Waals surface area contributed by atoms with Crippen molar-refractivity contribution in [3.8, 4) is 0 Å². The zero-order valence-corrected chi connectivity index (χ0v) is 11.2. The van der Waals surface area contributed by atoms with Crippen LogP contribution in [0.2, 0.25) is 0 Å². The zero-order valence-electron chi connectivity index (χ0n) is 10.4. The van der Waals surface area contributed by atoms with Crippen molar-refractivity contribution in [1.29, 1.82) is 0 Å². The highest BCUT2D eigenvalue weighted by Gasteiger charge is 2.20. The molecule has 1 aliphatic heterocycles.